The minimum atomic E-state index is -1.11. The van der Waals surface area contributed by atoms with E-state index in [0.717, 1.165) is 5.56 Å². The molecule has 2 heterocycles. The van der Waals surface area contributed by atoms with Crippen molar-refractivity contribution < 1.29 is 19.5 Å². The Morgan fingerprint density at radius 2 is 1.70 bits per heavy atom. The summed E-state index contributed by atoms with van der Waals surface area (Å²) in [6, 6.07) is 8.54. The first-order valence-corrected chi connectivity index (χ1v) is 10.9. The van der Waals surface area contributed by atoms with Crippen LogP contribution in [0.1, 0.15) is 47.1 Å². The molecule has 0 spiro atoms. The number of carbonyl (C=O) groups excluding carboxylic acids is 2. The van der Waals surface area contributed by atoms with Crippen LogP contribution in [0.25, 0.3) is 0 Å². The Bertz CT molecular complexity index is 1020. The summed E-state index contributed by atoms with van der Waals surface area (Å²) in [4.78, 5) is 44.8. The quantitative estimate of drug-likeness (QED) is 0.615. The molecule has 0 radical (unpaired) electrons. The molecule has 3 rings (SSSR count). The van der Waals surface area contributed by atoms with E-state index in [1.807, 2.05) is 49.6 Å². The molecule has 2 amide bonds. The average Bonchev–Trinajstić information content (AvgIpc) is 2.73. The van der Waals surface area contributed by atoms with E-state index in [4.69, 9.17) is 0 Å². The molecule has 33 heavy (non-hydrogen) atoms. The Hall–Kier alpha value is -3.46. The van der Waals surface area contributed by atoms with Gasteiger partial charge in [-0.05, 0) is 45.9 Å². The summed E-state index contributed by atoms with van der Waals surface area (Å²) >= 11 is 0. The summed E-state index contributed by atoms with van der Waals surface area (Å²) in [5.41, 5.74) is 1.58. The maximum absolute atomic E-state index is 12.5. The summed E-state index contributed by atoms with van der Waals surface area (Å²) < 4.78 is 0. The van der Waals surface area contributed by atoms with Crippen molar-refractivity contribution in [2.75, 3.05) is 42.9 Å². The number of carbonyl (C=O) groups is 3. The third-order valence-electron chi connectivity index (χ3n) is 5.22. The van der Waals surface area contributed by atoms with E-state index in [1.54, 1.807) is 12.1 Å². The van der Waals surface area contributed by atoms with Gasteiger partial charge in [-0.2, -0.15) is 0 Å². The van der Waals surface area contributed by atoms with Gasteiger partial charge in [0.1, 0.15) is 11.4 Å². The van der Waals surface area contributed by atoms with Gasteiger partial charge in [0.05, 0.1) is 18.4 Å². The first kappa shape index (κ1) is 24.2. The number of benzene rings is 1. The fraction of sp³-hybridized carbons (Fsp3) is 0.417. The molecule has 1 saturated heterocycles. The van der Waals surface area contributed by atoms with Gasteiger partial charge >= 0.3 is 5.97 Å². The van der Waals surface area contributed by atoms with Crippen LogP contribution in [-0.2, 0) is 4.79 Å². The van der Waals surface area contributed by atoms with Crippen molar-refractivity contribution in [2.45, 2.75) is 33.2 Å². The lowest BCUT2D eigenvalue weighted by atomic mass is 10.1. The van der Waals surface area contributed by atoms with Crippen molar-refractivity contribution >= 4 is 29.3 Å². The third kappa shape index (κ3) is 6.76. The second-order valence-electron chi connectivity index (χ2n) is 9.28. The summed E-state index contributed by atoms with van der Waals surface area (Å²) in [7, 11) is 0. The van der Waals surface area contributed by atoms with Crippen LogP contribution < -0.4 is 15.5 Å². The SMILES string of the molecule is Cc1ccc(C(=O)Nc2cnc(N3CCN(CC(=O)NC(C)(C)C)CC3)c(C(=O)O)c2)cc1. The van der Waals surface area contributed by atoms with E-state index >= 15 is 0 Å². The van der Waals surface area contributed by atoms with Crippen molar-refractivity contribution in [3.63, 3.8) is 0 Å². The van der Waals surface area contributed by atoms with Gasteiger partial charge in [-0.15, -0.1) is 0 Å². The van der Waals surface area contributed by atoms with Gasteiger partial charge in [0.25, 0.3) is 5.91 Å². The van der Waals surface area contributed by atoms with Crippen molar-refractivity contribution in [3.05, 3.63) is 53.2 Å². The van der Waals surface area contributed by atoms with Crippen LogP contribution in [0.2, 0.25) is 0 Å². The molecule has 2 aromatic rings. The number of nitrogens with one attached hydrogen (secondary N) is 2. The van der Waals surface area contributed by atoms with Crippen LogP contribution in [0, 0.1) is 6.92 Å². The van der Waals surface area contributed by atoms with Gasteiger partial charge in [0, 0.05) is 37.3 Å². The lowest BCUT2D eigenvalue weighted by Gasteiger charge is -2.36. The molecular formula is C24H31N5O4. The molecule has 9 nitrogen and oxygen atoms in total. The molecular weight excluding hydrogens is 422 g/mol. The van der Waals surface area contributed by atoms with E-state index in [2.05, 4.69) is 15.6 Å². The Morgan fingerprint density at radius 3 is 2.27 bits per heavy atom. The van der Waals surface area contributed by atoms with Gasteiger partial charge in [-0.25, -0.2) is 9.78 Å². The first-order chi connectivity index (χ1) is 15.5. The topological polar surface area (TPSA) is 115 Å². The molecule has 9 heteroatoms. The van der Waals surface area contributed by atoms with Crippen molar-refractivity contribution in [1.29, 1.82) is 0 Å². The highest BCUT2D eigenvalue weighted by Gasteiger charge is 2.25. The fourth-order valence-corrected chi connectivity index (χ4v) is 3.62. The summed E-state index contributed by atoms with van der Waals surface area (Å²) in [6.45, 7) is 10.4. The zero-order valence-electron chi connectivity index (χ0n) is 19.5. The molecule has 0 bridgehead atoms. The highest BCUT2D eigenvalue weighted by Crippen LogP contribution is 2.23. The highest BCUT2D eigenvalue weighted by molar-refractivity contribution is 6.05. The molecule has 176 valence electrons. The number of anilines is 2. The summed E-state index contributed by atoms with van der Waals surface area (Å²) in [6.07, 6.45) is 1.47. The largest absolute Gasteiger partial charge is 0.478 e. The molecule has 0 atom stereocenters. The van der Waals surface area contributed by atoms with Crippen molar-refractivity contribution in [1.82, 2.24) is 15.2 Å². The van der Waals surface area contributed by atoms with Crippen molar-refractivity contribution in [2.24, 2.45) is 0 Å². The maximum atomic E-state index is 12.5. The Kier molecular flexibility index (Phi) is 7.33. The average molecular weight is 454 g/mol. The molecule has 1 fully saturated rings. The maximum Gasteiger partial charge on any atom is 0.339 e. The smallest absolute Gasteiger partial charge is 0.339 e. The Labute approximate surface area is 193 Å². The normalized spacial score (nSPS) is 14.6. The number of hydrogen-bond acceptors (Lipinski definition) is 6. The van der Waals surface area contributed by atoms with Gasteiger partial charge in [-0.3, -0.25) is 14.5 Å². The number of carboxylic acids is 1. The number of hydrogen-bond donors (Lipinski definition) is 3. The zero-order valence-corrected chi connectivity index (χ0v) is 19.5. The van der Waals surface area contributed by atoms with Gasteiger partial charge in [0.2, 0.25) is 5.91 Å². The van der Waals surface area contributed by atoms with Gasteiger partial charge in [0.15, 0.2) is 0 Å². The second kappa shape index (κ2) is 9.99. The standard InChI is InChI=1S/C24H31N5O4/c1-16-5-7-17(8-6-16)22(31)26-18-13-19(23(32)33)21(25-14-18)29-11-9-28(10-12-29)15-20(30)27-24(2,3)4/h5-8,13-14H,9-12,15H2,1-4H3,(H,26,31)(H,27,30)(H,32,33). The molecule has 1 aromatic carbocycles. The van der Waals surface area contributed by atoms with E-state index < -0.39 is 5.97 Å². The molecule has 1 aliphatic heterocycles. The van der Waals surface area contributed by atoms with E-state index in [-0.39, 0.29) is 22.9 Å². The number of aryl methyl sites for hydroxylation is 1. The van der Waals surface area contributed by atoms with Crippen LogP contribution in [0.15, 0.2) is 36.5 Å². The lowest BCUT2D eigenvalue weighted by molar-refractivity contribution is -0.123. The predicted octanol–water partition coefficient (Wildman–Crippen LogP) is 2.38. The van der Waals surface area contributed by atoms with Crippen molar-refractivity contribution in [3.8, 4) is 0 Å². The number of amides is 2. The van der Waals surface area contributed by atoms with E-state index in [1.165, 1.54) is 12.3 Å². The van der Waals surface area contributed by atoms with Crippen LogP contribution >= 0.6 is 0 Å². The van der Waals surface area contributed by atoms with Crippen LogP contribution in [0.5, 0.6) is 0 Å². The monoisotopic (exact) mass is 453 g/mol. The van der Waals surface area contributed by atoms with E-state index in [9.17, 15) is 19.5 Å². The fourth-order valence-electron chi connectivity index (χ4n) is 3.62. The third-order valence-corrected chi connectivity index (χ3v) is 5.22. The molecule has 0 unspecified atom stereocenters. The summed E-state index contributed by atoms with van der Waals surface area (Å²) in [5, 5.41) is 15.4. The molecule has 0 saturated carbocycles. The number of pyridine rings is 1. The molecule has 1 aliphatic rings. The molecule has 1 aromatic heterocycles. The minimum absolute atomic E-state index is 0.0237. The Morgan fingerprint density at radius 1 is 1.06 bits per heavy atom. The van der Waals surface area contributed by atoms with E-state index in [0.29, 0.717) is 49.8 Å². The summed E-state index contributed by atoms with van der Waals surface area (Å²) in [5.74, 6) is -1.12. The second-order valence-corrected chi connectivity index (χ2v) is 9.28. The predicted molar refractivity (Wildman–Crippen MR) is 127 cm³/mol. The minimum Gasteiger partial charge on any atom is -0.478 e. The number of carboxylic acid groups (broad SMARTS) is 1. The Balaban J connectivity index is 1.65. The number of aromatic carboxylic acids is 1. The zero-order chi connectivity index (χ0) is 24.2. The van der Waals surface area contributed by atoms with Gasteiger partial charge in [-0.1, -0.05) is 17.7 Å². The lowest BCUT2D eigenvalue weighted by Crippen LogP contribution is -2.52. The van der Waals surface area contributed by atoms with Gasteiger partial charge < -0.3 is 20.6 Å². The number of piperazine rings is 1. The number of aromatic nitrogens is 1. The molecule has 0 aliphatic carbocycles. The number of rotatable bonds is 6. The highest BCUT2D eigenvalue weighted by atomic mass is 16.4. The molecule has 3 N–H and O–H groups in total. The van der Waals surface area contributed by atoms with Crippen LogP contribution in [0.3, 0.4) is 0 Å². The number of nitrogens with zero attached hydrogens (tertiary/aromatic N) is 3. The van der Waals surface area contributed by atoms with Crippen LogP contribution in [-0.4, -0.2) is 71.0 Å². The first-order valence-electron chi connectivity index (χ1n) is 10.9. The van der Waals surface area contributed by atoms with Crippen LogP contribution in [0.4, 0.5) is 11.5 Å².